The van der Waals surface area contributed by atoms with E-state index < -0.39 is 17.7 Å². The highest BCUT2D eigenvalue weighted by molar-refractivity contribution is 6.03. The van der Waals surface area contributed by atoms with Crippen LogP contribution in [0, 0.1) is 40.7 Å². The number of carbonyl (C=O) groups excluding carboxylic acids is 1. The second kappa shape index (κ2) is 14.0. The number of amides is 1. The standard InChI is InChI=1S/C37H35F2N7O4/c1-3-26-29(38)6-5-24-15-23(17-40)16-27(31(24)26)33-32(39)34-28(18-41-33)35(46-11-14-49-20-25(19-46)42-30(47)4-2)44-36(43-34)50-22-37(7-8-37)21-45-9-12-48-13-10-45/h1,4-6,15-16,18,25H,2,7-14,19-22H2,(H,42,47). The Morgan fingerprint density at radius 3 is 2.72 bits per heavy atom. The number of ether oxygens (including phenoxy) is 3. The highest BCUT2D eigenvalue weighted by Crippen LogP contribution is 2.47. The summed E-state index contributed by atoms with van der Waals surface area (Å²) in [4.78, 5) is 30.3. The maximum Gasteiger partial charge on any atom is 0.319 e. The van der Waals surface area contributed by atoms with Crippen LogP contribution in [-0.4, -0.2) is 97.6 Å². The average Bonchev–Trinajstić information content (AvgIpc) is 3.94. The molecule has 2 saturated heterocycles. The third-order valence-electron chi connectivity index (χ3n) is 9.46. The van der Waals surface area contributed by atoms with Crippen molar-refractivity contribution in [1.82, 2.24) is 25.2 Å². The fourth-order valence-corrected chi connectivity index (χ4v) is 6.67. The minimum absolute atomic E-state index is 0.0142. The van der Waals surface area contributed by atoms with Crippen LogP contribution in [-0.2, 0) is 14.3 Å². The zero-order valence-corrected chi connectivity index (χ0v) is 27.4. The molecule has 1 aliphatic carbocycles. The lowest BCUT2D eigenvalue weighted by molar-refractivity contribution is -0.117. The molecule has 7 rings (SSSR count). The van der Waals surface area contributed by atoms with Gasteiger partial charge >= 0.3 is 6.01 Å². The molecule has 11 nitrogen and oxygen atoms in total. The zero-order valence-electron chi connectivity index (χ0n) is 27.4. The number of rotatable bonds is 9. The van der Waals surface area contributed by atoms with Crippen molar-refractivity contribution >= 4 is 33.4 Å². The van der Waals surface area contributed by atoms with E-state index in [9.17, 15) is 14.4 Å². The fourth-order valence-electron chi connectivity index (χ4n) is 6.67. The highest BCUT2D eigenvalue weighted by Gasteiger charge is 2.45. The lowest BCUT2D eigenvalue weighted by Crippen LogP contribution is -2.44. The molecule has 1 atom stereocenters. The zero-order chi connectivity index (χ0) is 34.8. The van der Waals surface area contributed by atoms with E-state index in [1.165, 1.54) is 30.5 Å². The van der Waals surface area contributed by atoms with E-state index in [-0.39, 0.29) is 57.2 Å². The topological polar surface area (TPSA) is 126 Å². The fraction of sp³-hybridized carbons (Fsp3) is 0.378. The molecule has 1 saturated carbocycles. The predicted molar refractivity (Wildman–Crippen MR) is 182 cm³/mol. The van der Waals surface area contributed by atoms with Crippen LogP contribution in [0.3, 0.4) is 0 Å². The van der Waals surface area contributed by atoms with Crippen molar-refractivity contribution in [2.45, 2.75) is 18.9 Å². The van der Waals surface area contributed by atoms with Gasteiger partial charge in [-0.25, -0.2) is 8.78 Å². The molecular weight excluding hydrogens is 644 g/mol. The largest absolute Gasteiger partial charge is 0.463 e. The normalized spacial score (nSPS) is 19.0. The van der Waals surface area contributed by atoms with Crippen LogP contribution in [0.4, 0.5) is 14.6 Å². The number of fused-ring (bicyclic) bond motifs is 2. The van der Waals surface area contributed by atoms with Gasteiger partial charge in [-0.3, -0.25) is 14.7 Å². The number of anilines is 1. The van der Waals surface area contributed by atoms with Crippen molar-refractivity contribution in [3.63, 3.8) is 0 Å². The first-order valence-corrected chi connectivity index (χ1v) is 16.5. The van der Waals surface area contributed by atoms with Gasteiger partial charge < -0.3 is 24.4 Å². The number of pyridine rings is 1. The van der Waals surface area contributed by atoms with E-state index in [0.717, 1.165) is 32.5 Å². The molecule has 13 heteroatoms. The monoisotopic (exact) mass is 679 g/mol. The van der Waals surface area contributed by atoms with Gasteiger partial charge in [-0.1, -0.05) is 18.6 Å². The molecule has 0 radical (unpaired) electrons. The second-order valence-corrected chi connectivity index (χ2v) is 12.9. The maximum atomic E-state index is 17.0. The SMILES string of the molecule is C#Cc1c(F)ccc2cc(C#N)cc(-c3ncc4c(N5CCOCC(NC(=O)C=C)C5)nc(OCC5(CN6CCOCC6)CC5)nc4c3F)c12. The number of benzene rings is 2. The number of carbonyl (C=O) groups is 1. The highest BCUT2D eigenvalue weighted by atomic mass is 19.1. The van der Waals surface area contributed by atoms with Gasteiger partial charge in [-0.2, -0.15) is 15.2 Å². The van der Waals surface area contributed by atoms with E-state index in [0.29, 0.717) is 56.1 Å². The van der Waals surface area contributed by atoms with E-state index in [1.807, 2.05) is 4.90 Å². The van der Waals surface area contributed by atoms with Crippen molar-refractivity contribution in [2.24, 2.45) is 5.41 Å². The van der Waals surface area contributed by atoms with E-state index in [1.54, 1.807) is 6.07 Å². The summed E-state index contributed by atoms with van der Waals surface area (Å²) in [5.41, 5.74) is 0.0236. The van der Waals surface area contributed by atoms with Crippen molar-refractivity contribution in [3.8, 4) is 35.7 Å². The molecule has 3 fully saturated rings. The molecule has 1 amide bonds. The Labute approximate surface area is 287 Å². The van der Waals surface area contributed by atoms with Crippen LogP contribution < -0.4 is 15.0 Å². The van der Waals surface area contributed by atoms with Gasteiger partial charge in [-0.05, 0) is 42.5 Å². The van der Waals surface area contributed by atoms with Crippen molar-refractivity contribution in [3.05, 3.63) is 65.9 Å². The summed E-state index contributed by atoms with van der Waals surface area (Å²) in [6.07, 6.45) is 10.3. The summed E-state index contributed by atoms with van der Waals surface area (Å²) in [6.45, 7) is 9.10. The summed E-state index contributed by atoms with van der Waals surface area (Å²) in [5, 5.41) is 13.7. The summed E-state index contributed by atoms with van der Waals surface area (Å²) in [6, 6.07) is 7.39. The summed E-state index contributed by atoms with van der Waals surface area (Å²) >= 11 is 0. The van der Waals surface area contributed by atoms with E-state index in [4.69, 9.17) is 25.6 Å². The van der Waals surface area contributed by atoms with Gasteiger partial charge in [0.25, 0.3) is 0 Å². The number of halogens is 2. The van der Waals surface area contributed by atoms with E-state index >= 15 is 4.39 Å². The Morgan fingerprint density at radius 1 is 1.18 bits per heavy atom. The van der Waals surface area contributed by atoms with Crippen LogP contribution in [0.5, 0.6) is 6.01 Å². The van der Waals surface area contributed by atoms with Crippen LogP contribution in [0.1, 0.15) is 24.0 Å². The number of morpholine rings is 1. The minimum Gasteiger partial charge on any atom is -0.463 e. The van der Waals surface area contributed by atoms with Crippen LogP contribution in [0.25, 0.3) is 32.9 Å². The number of nitrogens with one attached hydrogen (secondary N) is 1. The molecule has 1 N–H and O–H groups in total. The van der Waals surface area contributed by atoms with E-state index in [2.05, 4.69) is 38.8 Å². The lowest BCUT2D eigenvalue weighted by Gasteiger charge is -2.30. The number of hydrogen-bond acceptors (Lipinski definition) is 10. The molecule has 4 aromatic rings. The lowest BCUT2D eigenvalue weighted by atomic mass is 9.94. The van der Waals surface area contributed by atoms with Gasteiger partial charge in [0.05, 0.1) is 61.7 Å². The molecule has 4 heterocycles. The smallest absolute Gasteiger partial charge is 0.319 e. The second-order valence-electron chi connectivity index (χ2n) is 12.9. The maximum absolute atomic E-state index is 17.0. The first kappa shape index (κ1) is 33.3. The molecule has 50 heavy (non-hydrogen) atoms. The molecule has 0 spiro atoms. The Bertz CT molecular complexity index is 2070. The van der Waals surface area contributed by atoms with Crippen LogP contribution in [0.2, 0.25) is 0 Å². The summed E-state index contributed by atoms with van der Waals surface area (Å²) in [5.74, 6) is 0.926. The Hall–Kier alpha value is -5.21. The van der Waals surface area contributed by atoms with Crippen LogP contribution >= 0.6 is 0 Å². The van der Waals surface area contributed by atoms with Gasteiger partial charge in [0, 0.05) is 55.3 Å². The number of terminal acetylenes is 1. The number of nitrogens with zero attached hydrogens (tertiary/aromatic N) is 6. The van der Waals surface area contributed by atoms with Gasteiger partial charge in [0.15, 0.2) is 5.82 Å². The average molecular weight is 680 g/mol. The van der Waals surface area contributed by atoms with Gasteiger partial charge in [0.2, 0.25) is 5.91 Å². The molecule has 3 aliphatic rings. The van der Waals surface area contributed by atoms with Crippen molar-refractivity contribution in [1.29, 1.82) is 5.26 Å². The van der Waals surface area contributed by atoms with Crippen LogP contribution in [0.15, 0.2) is 43.1 Å². The third kappa shape index (κ3) is 6.68. The molecule has 0 bridgehead atoms. The number of nitriles is 1. The first-order valence-electron chi connectivity index (χ1n) is 16.5. The molecule has 2 aromatic heterocycles. The summed E-state index contributed by atoms with van der Waals surface area (Å²) < 4.78 is 49.5. The summed E-state index contributed by atoms with van der Waals surface area (Å²) in [7, 11) is 0. The predicted octanol–water partition coefficient (Wildman–Crippen LogP) is 3.97. The Kier molecular flexibility index (Phi) is 9.29. The molecule has 1 unspecified atom stereocenters. The number of hydrogen-bond donors (Lipinski definition) is 1. The third-order valence-corrected chi connectivity index (χ3v) is 9.46. The van der Waals surface area contributed by atoms with Crippen molar-refractivity contribution < 1.29 is 27.8 Å². The molecule has 256 valence electrons. The van der Waals surface area contributed by atoms with Crippen molar-refractivity contribution in [2.75, 3.05) is 70.7 Å². The van der Waals surface area contributed by atoms with Gasteiger partial charge in [-0.15, -0.1) is 6.42 Å². The van der Waals surface area contributed by atoms with Gasteiger partial charge in [0.1, 0.15) is 22.8 Å². The quantitative estimate of drug-likeness (QED) is 0.205. The Morgan fingerprint density at radius 2 is 1.98 bits per heavy atom. The first-order chi connectivity index (χ1) is 24.3. The molecular formula is C37H35F2N7O4. The molecule has 2 aliphatic heterocycles. The molecule has 2 aromatic carbocycles. The number of aromatic nitrogens is 3. The minimum atomic E-state index is -0.809. The Balaban J connectivity index is 1.33.